The molecule has 0 spiro atoms. The van der Waals surface area contributed by atoms with E-state index in [0.717, 1.165) is 31.6 Å². The number of nitrogens with one attached hydrogen (secondary N) is 1. The molecular weight excluding hydrogens is 252 g/mol. The van der Waals surface area contributed by atoms with Gasteiger partial charge in [-0.1, -0.05) is 26.2 Å². The molecule has 1 aliphatic carbocycles. The lowest BCUT2D eigenvalue weighted by Gasteiger charge is -2.29. The van der Waals surface area contributed by atoms with E-state index in [1.807, 2.05) is 0 Å². The maximum Gasteiger partial charge on any atom is 0.224 e. The fraction of sp³-hybridized carbons (Fsp3) is 0.875. The van der Waals surface area contributed by atoms with Crippen molar-refractivity contribution >= 4 is 11.8 Å². The van der Waals surface area contributed by atoms with Gasteiger partial charge in [0.1, 0.15) is 0 Å². The third-order valence-corrected chi connectivity index (χ3v) is 4.56. The number of carbonyl (C=O) groups excluding carboxylic acids is 2. The Hall–Kier alpha value is -1.06. The van der Waals surface area contributed by atoms with Crippen molar-refractivity contribution in [1.29, 1.82) is 0 Å². The van der Waals surface area contributed by atoms with Gasteiger partial charge in [0.05, 0.1) is 5.41 Å². The van der Waals surface area contributed by atoms with Crippen LogP contribution in [0.3, 0.4) is 0 Å². The monoisotopic (exact) mass is 282 g/mol. The molecule has 1 rings (SSSR count). The highest BCUT2D eigenvalue weighted by Crippen LogP contribution is 2.32. The summed E-state index contributed by atoms with van der Waals surface area (Å²) in [5.74, 6) is 0.645. The molecule has 0 aromatic heterocycles. The van der Waals surface area contributed by atoms with Crippen LogP contribution in [0.2, 0.25) is 0 Å². The lowest BCUT2D eigenvalue weighted by Crippen LogP contribution is -2.44. The molecule has 116 valence electrons. The van der Waals surface area contributed by atoms with Gasteiger partial charge in [-0.3, -0.25) is 9.59 Å². The minimum atomic E-state index is -0.673. The summed E-state index contributed by atoms with van der Waals surface area (Å²) >= 11 is 0. The van der Waals surface area contributed by atoms with Crippen LogP contribution in [0.25, 0.3) is 0 Å². The van der Waals surface area contributed by atoms with Crippen molar-refractivity contribution in [3.8, 4) is 0 Å². The van der Waals surface area contributed by atoms with E-state index < -0.39 is 5.41 Å². The summed E-state index contributed by atoms with van der Waals surface area (Å²) in [6, 6.07) is 0. The van der Waals surface area contributed by atoms with Crippen LogP contribution >= 0.6 is 0 Å². The van der Waals surface area contributed by atoms with Crippen LogP contribution in [0.1, 0.15) is 65.7 Å². The molecule has 0 atom stereocenters. The van der Waals surface area contributed by atoms with Gasteiger partial charge in [-0.05, 0) is 45.4 Å². The van der Waals surface area contributed by atoms with Gasteiger partial charge < -0.3 is 11.1 Å². The second kappa shape index (κ2) is 7.65. The lowest BCUT2D eigenvalue weighted by molar-refractivity contribution is -0.129. The van der Waals surface area contributed by atoms with E-state index in [-0.39, 0.29) is 17.7 Å². The van der Waals surface area contributed by atoms with Gasteiger partial charge in [0.25, 0.3) is 0 Å². The molecule has 0 aliphatic heterocycles. The van der Waals surface area contributed by atoms with Crippen LogP contribution in [-0.2, 0) is 9.59 Å². The molecule has 0 aromatic carbocycles. The SMILES string of the molecule is CCCCC1CCC(C(=O)NCC(C)(C)C(N)=O)CC1. The van der Waals surface area contributed by atoms with Crippen LogP contribution < -0.4 is 11.1 Å². The number of primary amides is 1. The zero-order valence-electron chi connectivity index (χ0n) is 13.2. The maximum atomic E-state index is 12.1. The standard InChI is InChI=1S/C16H30N2O2/c1-4-5-6-12-7-9-13(10-8-12)14(19)18-11-16(2,3)15(17)20/h12-13H,4-11H2,1-3H3,(H2,17,20)(H,18,19). The Bertz CT molecular complexity index is 331. The van der Waals surface area contributed by atoms with E-state index >= 15 is 0 Å². The molecule has 0 unspecified atom stereocenters. The topological polar surface area (TPSA) is 72.2 Å². The molecule has 0 heterocycles. The summed E-state index contributed by atoms with van der Waals surface area (Å²) < 4.78 is 0. The van der Waals surface area contributed by atoms with Gasteiger partial charge in [0.2, 0.25) is 11.8 Å². The van der Waals surface area contributed by atoms with Gasteiger partial charge in [0.15, 0.2) is 0 Å². The second-order valence-electron chi connectivity index (χ2n) is 6.83. The molecule has 4 heteroatoms. The third kappa shape index (κ3) is 5.14. The maximum absolute atomic E-state index is 12.1. The number of rotatable bonds is 7. The van der Waals surface area contributed by atoms with E-state index in [1.54, 1.807) is 13.8 Å². The Labute approximate surface area is 122 Å². The van der Waals surface area contributed by atoms with E-state index in [2.05, 4.69) is 12.2 Å². The average Bonchev–Trinajstić information content (AvgIpc) is 2.43. The van der Waals surface area contributed by atoms with Gasteiger partial charge in [-0.15, -0.1) is 0 Å². The molecular formula is C16H30N2O2. The molecule has 0 aromatic rings. The zero-order chi connectivity index (χ0) is 15.2. The Balaban J connectivity index is 2.31. The van der Waals surface area contributed by atoms with Gasteiger partial charge in [-0.2, -0.15) is 0 Å². The Morgan fingerprint density at radius 2 is 1.80 bits per heavy atom. The summed E-state index contributed by atoms with van der Waals surface area (Å²) in [6.45, 7) is 6.07. The summed E-state index contributed by atoms with van der Waals surface area (Å²) in [5.41, 5.74) is 4.64. The lowest BCUT2D eigenvalue weighted by atomic mass is 9.79. The van der Waals surface area contributed by atoms with Crippen LogP contribution in [0.4, 0.5) is 0 Å². The number of nitrogens with two attached hydrogens (primary N) is 1. The van der Waals surface area contributed by atoms with Crippen LogP contribution in [0, 0.1) is 17.3 Å². The molecule has 0 bridgehead atoms. The van der Waals surface area contributed by atoms with Gasteiger partial charge >= 0.3 is 0 Å². The summed E-state index contributed by atoms with van der Waals surface area (Å²) in [5, 5.41) is 2.89. The number of hydrogen-bond donors (Lipinski definition) is 2. The first-order chi connectivity index (χ1) is 9.36. The first kappa shape index (κ1) is 17.0. The number of carbonyl (C=O) groups is 2. The van der Waals surface area contributed by atoms with E-state index in [4.69, 9.17) is 5.73 Å². The highest BCUT2D eigenvalue weighted by atomic mass is 16.2. The molecule has 0 saturated heterocycles. The molecule has 20 heavy (non-hydrogen) atoms. The van der Waals surface area contributed by atoms with Crippen LogP contribution in [0.15, 0.2) is 0 Å². The smallest absolute Gasteiger partial charge is 0.224 e. The molecule has 1 fully saturated rings. The van der Waals surface area contributed by atoms with Crippen molar-refractivity contribution in [2.75, 3.05) is 6.54 Å². The normalized spacial score (nSPS) is 23.4. The fourth-order valence-electron chi connectivity index (χ4n) is 2.75. The van der Waals surface area contributed by atoms with Crippen LogP contribution in [0.5, 0.6) is 0 Å². The average molecular weight is 282 g/mol. The van der Waals surface area contributed by atoms with E-state index in [9.17, 15) is 9.59 Å². The van der Waals surface area contributed by atoms with Crippen molar-refractivity contribution in [1.82, 2.24) is 5.32 Å². The fourth-order valence-corrected chi connectivity index (χ4v) is 2.75. The Kier molecular flexibility index (Phi) is 6.50. The molecule has 4 nitrogen and oxygen atoms in total. The highest BCUT2D eigenvalue weighted by Gasteiger charge is 2.29. The predicted octanol–water partition coefficient (Wildman–Crippen LogP) is 2.61. The summed E-state index contributed by atoms with van der Waals surface area (Å²) in [6.07, 6.45) is 8.15. The quantitative estimate of drug-likeness (QED) is 0.753. The molecule has 1 aliphatic rings. The third-order valence-electron chi connectivity index (χ3n) is 4.56. The highest BCUT2D eigenvalue weighted by molar-refractivity contribution is 5.82. The summed E-state index contributed by atoms with van der Waals surface area (Å²) in [4.78, 5) is 23.3. The largest absolute Gasteiger partial charge is 0.369 e. The van der Waals surface area contributed by atoms with Crippen molar-refractivity contribution in [2.24, 2.45) is 23.0 Å². The molecule has 0 radical (unpaired) electrons. The number of unbranched alkanes of at least 4 members (excludes halogenated alkanes) is 1. The van der Waals surface area contributed by atoms with Crippen molar-refractivity contribution in [3.05, 3.63) is 0 Å². The van der Waals surface area contributed by atoms with Gasteiger partial charge in [-0.25, -0.2) is 0 Å². The zero-order valence-corrected chi connectivity index (χ0v) is 13.2. The Morgan fingerprint density at radius 3 is 2.30 bits per heavy atom. The summed E-state index contributed by atoms with van der Waals surface area (Å²) in [7, 11) is 0. The molecule has 1 saturated carbocycles. The van der Waals surface area contributed by atoms with Crippen LogP contribution in [-0.4, -0.2) is 18.4 Å². The number of amides is 2. The van der Waals surface area contributed by atoms with E-state index in [0.29, 0.717) is 6.54 Å². The Morgan fingerprint density at radius 1 is 1.20 bits per heavy atom. The van der Waals surface area contributed by atoms with Crippen molar-refractivity contribution in [2.45, 2.75) is 65.7 Å². The minimum absolute atomic E-state index is 0.0910. The first-order valence-corrected chi connectivity index (χ1v) is 7.94. The molecule has 2 amide bonds. The second-order valence-corrected chi connectivity index (χ2v) is 6.83. The molecule has 3 N–H and O–H groups in total. The van der Waals surface area contributed by atoms with E-state index in [1.165, 1.54) is 19.3 Å². The first-order valence-electron chi connectivity index (χ1n) is 7.94. The van der Waals surface area contributed by atoms with Crippen molar-refractivity contribution < 1.29 is 9.59 Å². The number of hydrogen-bond acceptors (Lipinski definition) is 2. The van der Waals surface area contributed by atoms with Crippen molar-refractivity contribution in [3.63, 3.8) is 0 Å². The van der Waals surface area contributed by atoms with Gasteiger partial charge in [0, 0.05) is 12.5 Å². The minimum Gasteiger partial charge on any atom is -0.369 e. The predicted molar refractivity (Wildman–Crippen MR) is 81.0 cm³/mol.